The number of carbonyl (C=O) groups excluding carboxylic acids is 1. The van der Waals surface area contributed by atoms with Crippen molar-refractivity contribution in [1.82, 2.24) is 0 Å². The fourth-order valence-electron chi connectivity index (χ4n) is 2.57. The van der Waals surface area contributed by atoms with Crippen molar-refractivity contribution in [1.29, 1.82) is 0 Å². The molecular formula is C18H20O3S. The smallest absolute Gasteiger partial charge is 0.316 e. The van der Waals surface area contributed by atoms with E-state index in [1.165, 1.54) is 22.5 Å². The Bertz CT molecular complexity index is 635. The highest BCUT2D eigenvalue weighted by Gasteiger charge is 2.16. The molecule has 4 heteroatoms. The van der Waals surface area contributed by atoms with Crippen LogP contribution in [0.3, 0.4) is 0 Å². The molecular weight excluding hydrogens is 296 g/mol. The van der Waals surface area contributed by atoms with Crippen LogP contribution in [-0.2, 0) is 14.3 Å². The molecule has 1 aliphatic heterocycles. The number of hydrogen-bond acceptors (Lipinski definition) is 4. The van der Waals surface area contributed by atoms with Gasteiger partial charge in [-0.25, -0.2) is 0 Å². The molecule has 2 aromatic rings. The van der Waals surface area contributed by atoms with Crippen molar-refractivity contribution in [2.24, 2.45) is 0 Å². The van der Waals surface area contributed by atoms with E-state index in [1.54, 1.807) is 0 Å². The Morgan fingerprint density at radius 1 is 1.18 bits per heavy atom. The molecule has 0 saturated carbocycles. The zero-order valence-electron chi connectivity index (χ0n) is 12.5. The van der Waals surface area contributed by atoms with Gasteiger partial charge in [-0.2, -0.15) is 0 Å². The van der Waals surface area contributed by atoms with Crippen LogP contribution in [0.4, 0.5) is 0 Å². The highest BCUT2D eigenvalue weighted by atomic mass is 32.2. The van der Waals surface area contributed by atoms with Gasteiger partial charge in [0.05, 0.1) is 11.9 Å². The van der Waals surface area contributed by atoms with Gasteiger partial charge >= 0.3 is 5.97 Å². The van der Waals surface area contributed by atoms with Crippen LogP contribution >= 0.6 is 11.8 Å². The summed E-state index contributed by atoms with van der Waals surface area (Å²) in [5.41, 5.74) is 0. The van der Waals surface area contributed by atoms with Gasteiger partial charge in [0.15, 0.2) is 0 Å². The summed E-state index contributed by atoms with van der Waals surface area (Å²) < 4.78 is 10.9. The SMILES string of the molecule is O=C(CSc1ccc2ccccc2c1)OCC1CCCCO1. The van der Waals surface area contributed by atoms with E-state index in [4.69, 9.17) is 9.47 Å². The topological polar surface area (TPSA) is 35.5 Å². The van der Waals surface area contributed by atoms with Gasteiger partial charge in [-0.15, -0.1) is 11.8 Å². The lowest BCUT2D eigenvalue weighted by molar-refractivity contribution is -0.145. The fourth-order valence-corrected chi connectivity index (χ4v) is 3.31. The van der Waals surface area contributed by atoms with Crippen LogP contribution in [0.5, 0.6) is 0 Å². The third-order valence-corrected chi connectivity index (χ3v) is 4.75. The average molecular weight is 316 g/mol. The Hall–Kier alpha value is -1.52. The van der Waals surface area contributed by atoms with E-state index in [9.17, 15) is 4.79 Å². The van der Waals surface area contributed by atoms with Crippen LogP contribution in [0.15, 0.2) is 47.4 Å². The van der Waals surface area contributed by atoms with Gasteiger partial charge in [-0.3, -0.25) is 4.79 Å². The van der Waals surface area contributed by atoms with Gasteiger partial charge in [0.2, 0.25) is 0 Å². The van der Waals surface area contributed by atoms with E-state index >= 15 is 0 Å². The molecule has 2 aromatic carbocycles. The van der Waals surface area contributed by atoms with E-state index in [1.807, 2.05) is 18.2 Å². The van der Waals surface area contributed by atoms with Gasteiger partial charge in [0.1, 0.15) is 6.61 Å². The molecule has 1 fully saturated rings. The predicted molar refractivity (Wildman–Crippen MR) is 89.2 cm³/mol. The number of benzene rings is 2. The largest absolute Gasteiger partial charge is 0.462 e. The lowest BCUT2D eigenvalue weighted by Gasteiger charge is -2.21. The zero-order valence-corrected chi connectivity index (χ0v) is 13.3. The number of fused-ring (bicyclic) bond motifs is 1. The predicted octanol–water partition coefficient (Wildman–Crippen LogP) is 4.04. The first-order valence-electron chi connectivity index (χ1n) is 7.70. The van der Waals surface area contributed by atoms with Crippen LogP contribution in [0, 0.1) is 0 Å². The van der Waals surface area contributed by atoms with Crippen molar-refractivity contribution in [3.05, 3.63) is 42.5 Å². The summed E-state index contributed by atoms with van der Waals surface area (Å²) in [7, 11) is 0. The van der Waals surface area contributed by atoms with Crippen LogP contribution in [0.25, 0.3) is 10.8 Å². The maximum Gasteiger partial charge on any atom is 0.316 e. The summed E-state index contributed by atoms with van der Waals surface area (Å²) in [6.07, 6.45) is 3.35. The highest BCUT2D eigenvalue weighted by Crippen LogP contribution is 2.23. The normalized spacial score (nSPS) is 18.3. The standard InChI is InChI=1S/C18H20O3S/c19-18(21-12-16-7-3-4-10-20-16)13-22-17-9-8-14-5-1-2-6-15(14)11-17/h1-2,5-6,8-9,11,16H,3-4,7,10,12-13H2. The van der Waals surface area contributed by atoms with Crippen LogP contribution in [0.1, 0.15) is 19.3 Å². The van der Waals surface area contributed by atoms with E-state index in [2.05, 4.69) is 24.3 Å². The minimum Gasteiger partial charge on any atom is -0.462 e. The molecule has 1 heterocycles. The first-order valence-corrected chi connectivity index (χ1v) is 8.69. The molecule has 1 saturated heterocycles. The number of hydrogen-bond donors (Lipinski definition) is 0. The zero-order chi connectivity index (χ0) is 15.2. The molecule has 0 aromatic heterocycles. The number of carbonyl (C=O) groups is 1. The van der Waals surface area contributed by atoms with Gasteiger partial charge in [-0.05, 0) is 42.2 Å². The molecule has 116 valence electrons. The fraction of sp³-hybridized carbons (Fsp3) is 0.389. The van der Waals surface area contributed by atoms with Crippen molar-refractivity contribution < 1.29 is 14.3 Å². The Morgan fingerprint density at radius 2 is 2.05 bits per heavy atom. The second kappa shape index (κ2) is 7.65. The minimum absolute atomic E-state index is 0.0865. The molecule has 1 atom stereocenters. The van der Waals surface area contributed by atoms with E-state index in [0.29, 0.717) is 12.4 Å². The van der Waals surface area contributed by atoms with Gasteiger partial charge < -0.3 is 9.47 Å². The highest BCUT2D eigenvalue weighted by molar-refractivity contribution is 8.00. The lowest BCUT2D eigenvalue weighted by Crippen LogP contribution is -2.26. The Kier molecular flexibility index (Phi) is 5.35. The first-order chi connectivity index (χ1) is 10.8. The van der Waals surface area contributed by atoms with E-state index in [0.717, 1.165) is 30.8 Å². The van der Waals surface area contributed by atoms with Gasteiger partial charge in [0, 0.05) is 11.5 Å². The summed E-state index contributed by atoms with van der Waals surface area (Å²) in [6, 6.07) is 14.5. The molecule has 1 aliphatic rings. The van der Waals surface area contributed by atoms with Crippen LogP contribution < -0.4 is 0 Å². The van der Waals surface area contributed by atoms with Gasteiger partial charge in [0.25, 0.3) is 0 Å². The molecule has 3 nitrogen and oxygen atoms in total. The second-order valence-corrected chi connectivity index (χ2v) is 6.52. The van der Waals surface area contributed by atoms with E-state index < -0.39 is 0 Å². The molecule has 0 bridgehead atoms. The second-order valence-electron chi connectivity index (χ2n) is 5.47. The molecule has 0 amide bonds. The molecule has 0 aliphatic carbocycles. The van der Waals surface area contributed by atoms with Crippen molar-refractivity contribution in [2.45, 2.75) is 30.3 Å². The maximum atomic E-state index is 11.8. The van der Waals surface area contributed by atoms with Crippen LogP contribution in [-0.4, -0.2) is 31.0 Å². The third-order valence-electron chi connectivity index (χ3n) is 3.78. The van der Waals surface area contributed by atoms with Crippen molar-refractivity contribution >= 4 is 28.5 Å². The summed E-state index contributed by atoms with van der Waals surface area (Å²) in [5.74, 6) is 0.165. The third kappa shape index (κ3) is 4.24. The number of ether oxygens (including phenoxy) is 2. The summed E-state index contributed by atoms with van der Waals surface area (Å²) in [5, 5.41) is 2.40. The monoisotopic (exact) mass is 316 g/mol. The number of esters is 1. The molecule has 1 unspecified atom stereocenters. The summed E-state index contributed by atoms with van der Waals surface area (Å²) in [6.45, 7) is 1.17. The molecule has 0 radical (unpaired) electrons. The summed E-state index contributed by atoms with van der Waals surface area (Å²) >= 11 is 1.51. The minimum atomic E-state index is -0.174. The van der Waals surface area contributed by atoms with E-state index in [-0.39, 0.29) is 12.1 Å². The van der Waals surface area contributed by atoms with Gasteiger partial charge in [-0.1, -0.05) is 30.3 Å². The average Bonchev–Trinajstić information content (AvgIpc) is 2.59. The van der Waals surface area contributed by atoms with Crippen LogP contribution in [0.2, 0.25) is 0 Å². The maximum absolute atomic E-state index is 11.8. The Labute approximate surface area is 135 Å². The van der Waals surface area contributed by atoms with Crippen molar-refractivity contribution in [3.63, 3.8) is 0 Å². The lowest BCUT2D eigenvalue weighted by atomic mass is 10.1. The van der Waals surface area contributed by atoms with Crippen molar-refractivity contribution in [2.75, 3.05) is 19.0 Å². The molecule has 3 rings (SSSR count). The quantitative estimate of drug-likeness (QED) is 0.616. The Morgan fingerprint density at radius 3 is 2.86 bits per heavy atom. The Balaban J connectivity index is 1.47. The number of rotatable bonds is 5. The van der Waals surface area contributed by atoms with Crippen molar-refractivity contribution in [3.8, 4) is 0 Å². The molecule has 22 heavy (non-hydrogen) atoms. The molecule has 0 N–H and O–H groups in total. The first kappa shape index (κ1) is 15.4. The molecule has 0 spiro atoms. The number of thioether (sulfide) groups is 1. The summed E-state index contributed by atoms with van der Waals surface area (Å²) in [4.78, 5) is 12.9.